The van der Waals surface area contributed by atoms with E-state index >= 15 is 0 Å². The van der Waals surface area contributed by atoms with E-state index in [2.05, 4.69) is 20.0 Å². The van der Waals surface area contributed by atoms with Crippen LogP contribution in [0.2, 0.25) is 0 Å². The predicted octanol–water partition coefficient (Wildman–Crippen LogP) is 4.68. The zero-order chi connectivity index (χ0) is 25.8. The molecule has 14 heteroatoms. The Labute approximate surface area is 200 Å². The van der Waals surface area contributed by atoms with Gasteiger partial charge in [0.2, 0.25) is 11.8 Å². The Morgan fingerprint density at radius 1 is 1.11 bits per heavy atom. The van der Waals surface area contributed by atoms with Gasteiger partial charge in [-0.25, -0.2) is 23.1 Å². The average Bonchev–Trinajstić information content (AvgIpc) is 2.78. The fourth-order valence-electron chi connectivity index (χ4n) is 3.65. The van der Waals surface area contributed by atoms with E-state index in [0.717, 1.165) is 30.6 Å². The SMILES string of the molecule is O=C(NC1CCC(F)(F)CC1)[C@H](c1cncnc1)N(C(=O)[C@H](F)Cl)c1ccc(OC(F)(F)F)cc1. The van der Waals surface area contributed by atoms with Gasteiger partial charge >= 0.3 is 6.36 Å². The van der Waals surface area contributed by atoms with E-state index in [1.54, 1.807) is 0 Å². The molecule has 1 aromatic heterocycles. The standard InChI is InChI=1S/C21H19ClF6N4O3/c22-17(23)19(34)32(14-1-3-15(4-2-14)35-21(26,27)28)16(12-9-29-11-30-10-12)18(33)31-13-5-7-20(24,25)8-6-13/h1-4,9-11,13,16-17H,5-8H2,(H,31,33)/t16-,17-/m0/s1. The van der Waals surface area contributed by atoms with Gasteiger partial charge in [0.1, 0.15) is 18.1 Å². The third-order valence-corrected chi connectivity index (χ3v) is 5.43. The maximum atomic E-state index is 14.0. The molecule has 0 saturated heterocycles. The van der Waals surface area contributed by atoms with Crippen LogP contribution < -0.4 is 15.0 Å². The van der Waals surface area contributed by atoms with Crippen molar-refractivity contribution in [1.82, 2.24) is 15.3 Å². The van der Waals surface area contributed by atoms with Gasteiger partial charge in [0.05, 0.1) is 0 Å². The molecular weight excluding hydrogens is 506 g/mol. The molecule has 2 aromatic rings. The zero-order valence-corrected chi connectivity index (χ0v) is 18.6. The quantitative estimate of drug-likeness (QED) is 0.420. The predicted molar refractivity (Wildman–Crippen MR) is 111 cm³/mol. The summed E-state index contributed by atoms with van der Waals surface area (Å²) >= 11 is 5.37. The first-order chi connectivity index (χ1) is 16.4. The van der Waals surface area contributed by atoms with E-state index in [4.69, 9.17) is 11.6 Å². The van der Waals surface area contributed by atoms with Crippen molar-refractivity contribution in [2.75, 3.05) is 4.90 Å². The molecule has 7 nitrogen and oxygen atoms in total. The summed E-state index contributed by atoms with van der Waals surface area (Å²) in [7, 11) is 0. The van der Waals surface area contributed by atoms with Crippen molar-refractivity contribution in [1.29, 1.82) is 0 Å². The summed E-state index contributed by atoms with van der Waals surface area (Å²) in [6, 6.07) is 1.48. The van der Waals surface area contributed by atoms with Crippen LogP contribution in [0.25, 0.3) is 0 Å². The lowest BCUT2D eigenvalue weighted by atomic mass is 9.92. The molecule has 2 atom stereocenters. The van der Waals surface area contributed by atoms with E-state index in [9.17, 15) is 35.9 Å². The molecule has 0 spiro atoms. The van der Waals surface area contributed by atoms with Gasteiger partial charge in [0.15, 0.2) is 0 Å². The highest BCUT2D eigenvalue weighted by Crippen LogP contribution is 2.35. The monoisotopic (exact) mass is 524 g/mol. The van der Waals surface area contributed by atoms with Crippen molar-refractivity contribution >= 4 is 29.1 Å². The van der Waals surface area contributed by atoms with Crippen LogP contribution in [-0.2, 0) is 9.59 Å². The number of nitrogens with zero attached hydrogens (tertiary/aromatic N) is 3. The highest BCUT2D eigenvalue weighted by atomic mass is 35.5. The largest absolute Gasteiger partial charge is 0.573 e. The summed E-state index contributed by atoms with van der Waals surface area (Å²) in [4.78, 5) is 34.2. The number of nitrogens with one attached hydrogen (secondary N) is 1. The van der Waals surface area contributed by atoms with E-state index in [-0.39, 0.29) is 24.1 Å². The van der Waals surface area contributed by atoms with Crippen molar-refractivity contribution in [3.05, 3.63) is 48.5 Å². The minimum atomic E-state index is -4.97. The van der Waals surface area contributed by atoms with Gasteiger partial charge < -0.3 is 10.1 Å². The molecule has 0 bridgehead atoms. The molecule has 1 N–H and O–H groups in total. The molecule has 3 rings (SSSR count). The van der Waals surface area contributed by atoms with Crippen molar-refractivity contribution in [3.63, 3.8) is 0 Å². The minimum absolute atomic E-state index is 0.0208. The van der Waals surface area contributed by atoms with Gasteiger partial charge in [-0.15, -0.1) is 13.2 Å². The number of anilines is 1. The first kappa shape index (κ1) is 26.5. The zero-order valence-electron chi connectivity index (χ0n) is 17.8. The van der Waals surface area contributed by atoms with Crippen LogP contribution in [0.5, 0.6) is 5.75 Å². The lowest BCUT2D eigenvalue weighted by Gasteiger charge is -2.34. The molecule has 2 amide bonds. The smallest absolute Gasteiger partial charge is 0.406 e. The molecule has 1 aliphatic carbocycles. The second-order valence-corrected chi connectivity index (χ2v) is 8.15. The first-order valence-electron chi connectivity index (χ1n) is 10.3. The fraction of sp³-hybridized carbons (Fsp3) is 0.429. The van der Waals surface area contributed by atoms with Gasteiger partial charge in [-0.05, 0) is 37.1 Å². The number of hydrogen-bond acceptors (Lipinski definition) is 5. The van der Waals surface area contributed by atoms with E-state index in [0.29, 0.717) is 4.90 Å². The summed E-state index contributed by atoms with van der Waals surface area (Å²) in [5.74, 6) is -5.73. The molecule has 1 heterocycles. The third kappa shape index (κ3) is 7.20. The Morgan fingerprint density at radius 2 is 1.69 bits per heavy atom. The van der Waals surface area contributed by atoms with Crippen molar-refractivity contribution in [2.45, 2.75) is 55.7 Å². The number of aromatic nitrogens is 2. The Kier molecular flexibility index (Phi) is 8.08. The van der Waals surface area contributed by atoms with Crippen LogP contribution in [0.1, 0.15) is 37.3 Å². The van der Waals surface area contributed by atoms with E-state index in [1.165, 1.54) is 12.4 Å². The van der Waals surface area contributed by atoms with Crippen LogP contribution in [0.3, 0.4) is 0 Å². The van der Waals surface area contributed by atoms with Gasteiger partial charge in [0.25, 0.3) is 11.5 Å². The molecule has 0 radical (unpaired) electrons. The van der Waals surface area contributed by atoms with Crippen LogP contribution >= 0.6 is 11.6 Å². The number of hydrogen-bond donors (Lipinski definition) is 1. The second kappa shape index (κ2) is 10.7. The second-order valence-electron chi connectivity index (χ2n) is 7.76. The van der Waals surface area contributed by atoms with Gasteiger partial charge in [-0.2, -0.15) is 0 Å². The Hall–Kier alpha value is -3.09. The van der Waals surface area contributed by atoms with Crippen LogP contribution in [-0.4, -0.2) is 45.7 Å². The highest BCUT2D eigenvalue weighted by Gasteiger charge is 2.40. The van der Waals surface area contributed by atoms with E-state index in [1.807, 2.05) is 0 Å². The van der Waals surface area contributed by atoms with E-state index < -0.39 is 60.4 Å². The summed E-state index contributed by atoms with van der Waals surface area (Å²) in [5.41, 5.74) is -2.78. The summed E-state index contributed by atoms with van der Waals surface area (Å²) in [6.07, 6.45) is -2.45. The topological polar surface area (TPSA) is 84.4 Å². The summed E-state index contributed by atoms with van der Waals surface area (Å²) in [6.45, 7) is 0. The van der Waals surface area contributed by atoms with Crippen LogP contribution in [0.15, 0.2) is 43.0 Å². The number of rotatable bonds is 7. The normalized spacial score (nSPS) is 17.8. The first-order valence-corrected chi connectivity index (χ1v) is 10.7. The average molecular weight is 525 g/mol. The number of alkyl halides is 7. The molecular formula is C21H19ClF6N4O3. The van der Waals surface area contributed by atoms with Crippen molar-refractivity contribution < 1.29 is 40.7 Å². The lowest BCUT2D eigenvalue weighted by Crippen LogP contribution is -2.49. The Bertz CT molecular complexity index is 1010. The molecule has 35 heavy (non-hydrogen) atoms. The van der Waals surface area contributed by atoms with Crippen LogP contribution in [0.4, 0.5) is 32.0 Å². The molecule has 1 aliphatic rings. The molecule has 190 valence electrons. The van der Waals surface area contributed by atoms with Crippen molar-refractivity contribution in [2.24, 2.45) is 0 Å². The molecule has 1 aromatic carbocycles. The molecule has 1 saturated carbocycles. The summed E-state index contributed by atoms with van der Waals surface area (Å²) < 4.78 is 82.2. The molecule has 0 unspecified atom stereocenters. The number of benzene rings is 1. The highest BCUT2D eigenvalue weighted by molar-refractivity contribution is 6.32. The molecule has 1 fully saturated rings. The fourth-order valence-corrected chi connectivity index (χ4v) is 3.76. The Morgan fingerprint density at radius 3 is 2.20 bits per heavy atom. The lowest BCUT2D eigenvalue weighted by molar-refractivity contribution is -0.274. The Balaban J connectivity index is 1.96. The van der Waals surface area contributed by atoms with Crippen molar-refractivity contribution in [3.8, 4) is 5.75 Å². The third-order valence-electron chi connectivity index (χ3n) is 5.24. The minimum Gasteiger partial charge on any atom is -0.406 e. The number of amides is 2. The molecule has 0 aliphatic heterocycles. The van der Waals surface area contributed by atoms with Gasteiger partial charge in [-0.1, -0.05) is 11.6 Å². The van der Waals surface area contributed by atoms with Crippen LogP contribution in [0, 0.1) is 0 Å². The summed E-state index contributed by atoms with van der Waals surface area (Å²) in [5, 5.41) is 2.58. The maximum absolute atomic E-state index is 14.0. The number of ether oxygens (including phenoxy) is 1. The number of carbonyl (C=O) groups is 2. The number of carbonyl (C=O) groups excluding carboxylic acids is 2. The van der Waals surface area contributed by atoms with Gasteiger partial charge in [0, 0.05) is 42.5 Å². The maximum Gasteiger partial charge on any atom is 0.573 e. The van der Waals surface area contributed by atoms with Gasteiger partial charge in [-0.3, -0.25) is 14.5 Å². The number of halogens is 7.